The molecule has 2 atom stereocenters. The summed E-state index contributed by atoms with van der Waals surface area (Å²) in [4.78, 5) is 23.0. The quantitative estimate of drug-likeness (QED) is 0.319. The van der Waals surface area contributed by atoms with Gasteiger partial charge in [0.1, 0.15) is 0 Å². The molecular formula is C17H29NaO4. The predicted molar refractivity (Wildman–Crippen MR) is 79.4 cm³/mol. The number of unbranched alkanes of at least 4 members (excludes halogenated alkanes) is 6. The van der Waals surface area contributed by atoms with Crippen LogP contribution in [0, 0.1) is 11.8 Å². The SMILES string of the molecule is CCCCCCCCCOC(=O)C1CCCCC1C(=O)[O-].[Na+]. The van der Waals surface area contributed by atoms with Gasteiger partial charge in [-0.05, 0) is 19.3 Å². The first-order chi connectivity index (χ1) is 10.2. The van der Waals surface area contributed by atoms with Crippen molar-refractivity contribution in [1.29, 1.82) is 0 Å². The van der Waals surface area contributed by atoms with Crippen LogP contribution < -0.4 is 34.7 Å². The number of carboxylic acid groups (broad SMARTS) is 1. The molecule has 0 aromatic carbocycles. The van der Waals surface area contributed by atoms with Crippen LogP contribution in [-0.2, 0) is 14.3 Å². The van der Waals surface area contributed by atoms with Crippen LogP contribution in [0.1, 0.15) is 77.6 Å². The third kappa shape index (κ3) is 8.54. The van der Waals surface area contributed by atoms with E-state index >= 15 is 0 Å². The molecule has 1 aliphatic rings. The van der Waals surface area contributed by atoms with Gasteiger partial charge in [0.05, 0.1) is 12.5 Å². The van der Waals surface area contributed by atoms with Gasteiger partial charge in [0.25, 0.3) is 0 Å². The Balaban J connectivity index is 0.00000441. The summed E-state index contributed by atoms with van der Waals surface area (Å²) in [5.41, 5.74) is 0. The molecule has 0 N–H and O–H groups in total. The molecule has 2 unspecified atom stereocenters. The van der Waals surface area contributed by atoms with Crippen molar-refractivity contribution in [3.8, 4) is 0 Å². The molecule has 1 aliphatic carbocycles. The molecule has 0 saturated heterocycles. The molecule has 1 rings (SSSR count). The third-order valence-electron chi connectivity index (χ3n) is 4.36. The Morgan fingerprint density at radius 2 is 1.50 bits per heavy atom. The maximum absolute atomic E-state index is 12.0. The van der Waals surface area contributed by atoms with Crippen LogP contribution in [0.25, 0.3) is 0 Å². The van der Waals surface area contributed by atoms with Crippen molar-refractivity contribution in [2.75, 3.05) is 6.61 Å². The summed E-state index contributed by atoms with van der Waals surface area (Å²) in [5, 5.41) is 11.1. The van der Waals surface area contributed by atoms with Gasteiger partial charge in [-0.1, -0.05) is 58.3 Å². The molecule has 1 fully saturated rings. The predicted octanol–water partition coefficient (Wildman–Crippen LogP) is -0.159. The maximum Gasteiger partial charge on any atom is 1.00 e. The zero-order valence-electron chi connectivity index (χ0n) is 14.3. The number of esters is 1. The van der Waals surface area contributed by atoms with E-state index in [0.717, 1.165) is 25.7 Å². The van der Waals surface area contributed by atoms with Gasteiger partial charge in [-0.15, -0.1) is 0 Å². The Morgan fingerprint density at radius 1 is 0.955 bits per heavy atom. The summed E-state index contributed by atoms with van der Waals surface area (Å²) in [6.45, 7) is 2.62. The Hall–Kier alpha value is -0.0600. The van der Waals surface area contributed by atoms with E-state index in [1.54, 1.807) is 0 Å². The molecule has 22 heavy (non-hydrogen) atoms. The van der Waals surface area contributed by atoms with E-state index < -0.39 is 17.8 Å². The van der Waals surface area contributed by atoms with Gasteiger partial charge in [0, 0.05) is 11.9 Å². The number of carbonyl (C=O) groups excluding carboxylic acids is 2. The molecule has 0 aromatic heterocycles. The van der Waals surface area contributed by atoms with Crippen LogP contribution in [0.5, 0.6) is 0 Å². The van der Waals surface area contributed by atoms with Gasteiger partial charge < -0.3 is 14.6 Å². The van der Waals surface area contributed by atoms with E-state index in [9.17, 15) is 14.7 Å². The van der Waals surface area contributed by atoms with Gasteiger partial charge >= 0.3 is 35.5 Å². The average Bonchev–Trinajstić information content (AvgIpc) is 2.49. The maximum atomic E-state index is 12.0. The fourth-order valence-electron chi connectivity index (χ4n) is 3.03. The first kappa shape index (κ1) is 21.9. The molecule has 0 heterocycles. The second-order valence-electron chi connectivity index (χ2n) is 6.11. The Morgan fingerprint density at radius 3 is 2.09 bits per heavy atom. The Bertz CT molecular complexity index is 320. The van der Waals surface area contributed by atoms with Crippen LogP contribution >= 0.6 is 0 Å². The fraction of sp³-hybridized carbons (Fsp3) is 0.882. The minimum atomic E-state index is -1.10. The van der Waals surface area contributed by atoms with E-state index in [1.807, 2.05) is 0 Å². The first-order valence-corrected chi connectivity index (χ1v) is 8.54. The summed E-state index contributed by atoms with van der Waals surface area (Å²) in [6, 6.07) is 0. The molecule has 1 saturated carbocycles. The summed E-state index contributed by atoms with van der Waals surface area (Å²) >= 11 is 0. The number of hydrogen-bond acceptors (Lipinski definition) is 4. The van der Waals surface area contributed by atoms with Gasteiger partial charge in [0.15, 0.2) is 0 Å². The van der Waals surface area contributed by atoms with Crippen LogP contribution in [0.4, 0.5) is 0 Å². The minimum Gasteiger partial charge on any atom is -0.550 e. The van der Waals surface area contributed by atoms with Crippen molar-refractivity contribution in [3.63, 3.8) is 0 Å². The van der Waals surface area contributed by atoms with Crippen LogP contribution in [0.2, 0.25) is 0 Å². The van der Waals surface area contributed by atoms with E-state index in [0.29, 0.717) is 19.4 Å². The van der Waals surface area contributed by atoms with Crippen LogP contribution in [0.3, 0.4) is 0 Å². The number of aliphatic carboxylic acids is 1. The molecule has 0 radical (unpaired) electrons. The summed E-state index contributed by atoms with van der Waals surface area (Å²) in [7, 11) is 0. The molecule has 0 aliphatic heterocycles. The zero-order chi connectivity index (χ0) is 15.5. The fourth-order valence-corrected chi connectivity index (χ4v) is 3.03. The van der Waals surface area contributed by atoms with Crippen LogP contribution in [0.15, 0.2) is 0 Å². The average molecular weight is 320 g/mol. The van der Waals surface area contributed by atoms with Crippen molar-refractivity contribution in [1.82, 2.24) is 0 Å². The molecule has 4 nitrogen and oxygen atoms in total. The molecular weight excluding hydrogens is 291 g/mol. The number of ether oxygens (including phenoxy) is 1. The van der Waals surface area contributed by atoms with E-state index in [-0.39, 0.29) is 35.5 Å². The van der Waals surface area contributed by atoms with Gasteiger partial charge in [-0.3, -0.25) is 4.79 Å². The number of hydrogen-bond donors (Lipinski definition) is 0. The van der Waals surface area contributed by atoms with Crippen molar-refractivity contribution in [2.24, 2.45) is 11.8 Å². The van der Waals surface area contributed by atoms with Crippen molar-refractivity contribution >= 4 is 11.9 Å². The van der Waals surface area contributed by atoms with Gasteiger partial charge in [-0.2, -0.15) is 0 Å². The molecule has 0 amide bonds. The number of carbonyl (C=O) groups is 2. The monoisotopic (exact) mass is 320 g/mol. The molecule has 0 bridgehead atoms. The van der Waals surface area contributed by atoms with Crippen molar-refractivity contribution < 1.29 is 49.0 Å². The van der Waals surface area contributed by atoms with E-state index in [1.165, 1.54) is 32.1 Å². The largest absolute Gasteiger partial charge is 1.00 e. The summed E-state index contributed by atoms with van der Waals surface area (Å²) in [5.74, 6) is -2.59. The Labute approximate surface area is 156 Å². The summed E-state index contributed by atoms with van der Waals surface area (Å²) in [6.07, 6.45) is 11.1. The molecule has 122 valence electrons. The smallest absolute Gasteiger partial charge is 0.550 e. The van der Waals surface area contributed by atoms with Gasteiger partial charge in [0.2, 0.25) is 0 Å². The second kappa shape index (κ2) is 13.4. The third-order valence-corrected chi connectivity index (χ3v) is 4.36. The molecule has 0 spiro atoms. The number of rotatable bonds is 10. The standard InChI is InChI=1S/C17H30O4.Na/c1-2-3-4-5-6-7-10-13-21-17(20)15-12-9-8-11-14(15)16(18)19;/h14-15H,2-13H2,1H3,(H,18,19);/q;+1/p-1. The minimum absolute atomic E-state index is 0. The van der Waals surface area contributed by atoms with E-state index in [4.69, 9.17) is 4.74 Å². The van der Waals surface area contributed by atoms with E-state index in [2.05, 4.69) is 6.92 Å². The van der Waals surface area contributed by atoms with Crippen molar-refractivity contribution in [2.45, 2.75) is 77.6 Å². The number of carboxylic acids is 1. The first-order valence-electron chi connectivity index (χ1n) is 8.54. The molecule has 5 heteroatoms. The van der Waals surface area contributed by atoms with Crippen molar-refractivity contribution in [3.05, 3.63) is 0 Å². The second-order valence-corrected chi connectivity index (χ2v) is 6.11. The van der Waals surface area contributed by atoms with Crippen LogP contribution in [-0.4, -0.2) is 18.5 Å². The molecule has 0 aromatic rings. The topological polar surface area (TPSA) is 66.4 Å². The van der Waals surface area contributed by atoms with Gasteiger partial charge in [-0.25, -0.2) is 0 Å². The normalized spacial score (nSPS) is 21.0. The zero-order valence-corrected chi connectivity index (χ0v) is 16.3. The Kier molecular flexibility index (Phi) is 13.3. The summed E-state index contributed by atoms with van der Waals surface area (Å²) < 4.78 is 5.26.